The summed E-state index contributed by atoms with van der Waals surface area (Å²) in [6.45, 7) is 7.15. The molecule has 188 valence electrons. The number of carbonyl (C=O) groups excluding carboxylic acids is 1. The van der Waals surface area contributed by atoms with Crippen molar-refractivity contribution in [1.82, 2.24) is 30.1 Å². The first-order chi connectivity index (χ1) is 17.5. The van der Waals surface area contributed by atoms with Crippen LogP contribution < -0.4 is 5.56 Å². The monoisotopic (exact) mass is 488 g/mol. The second kappa shape index (κ2) is 11.7. The molecular weight excluding hydrogens is 456 g/mol. The maximum atomic E-state index is 13.0. The summed E-state index contributed by atoms with van der Waals surface area (Å²) in [5.74, 6) is 0.185. The zero-order valence-corrected chi connectivity index (χ0v) is 21.0. The Morgan fingerprint density at radius 3 is 2.69 bits per heavy atom. The van der Waals surface area contributed by atoms with E-state index in [1.807, 2.05) is 49.4 Å². The number of pyridine rings is 1. The molecule has 0 aliphatic heterocycles. The number of aryl methyl sites for hydroxylation is 1. The predicted molar refractivity (Wildman–Crippen MR) is 137 cm³/mol. The number of nitrogens with zero attached hydrogens (tertiary/aromatic N) is 5. The third-order valence-corrected chi connectivity index (χ3v) is 6.25. The van der Waals surface area contributed by atoms with Crippen molar-refractivity contribution >= 4 is 16.9 Å². The van der Waals surface area contributed by atoms with Crippen LogP contribution in [0.4, 0.5) is 0 Å². The minimum atomic E-state index is -0.391. The van der Waals surface area contributed by atoms with E-state index in [0.29, 0.717) is 37.5 Å². The fourth-order valence-electron chi connectivity index (χ4n) is 4.45. The van der Waals surface area contributed by atoms with Gasteiger partial charge in [-0.2, -0.15) is 0 Å². The van der Waals surface area contributed by atoms with E-state index in [9.17, 15) is 9.59 Å². The molecule has 1 N–H and O–H groups in total. The number of ether oxygens (including phenoxy) is 1. The molecule has 4 aromatic rings. The number of hydrogen-bond donors (Lipinski definition) is 1. The van der Waals surface area contributed by atoms with Crippen LogP contribution in [0.5, 0.6) is 0 Å². The summed E-state index contributed by atoms with van der Waals surface area (Å²) in [7, 11) is 0. The van der Waals surface area contributed by atoms with Gasteiger partial charge in [-0.25, -0.2) is 4.68 Å². The maximum Gasteiger partial charge on any atom is 0.327 e. The van der Waals surface area contributed by atoms with Crippen LogP contribution in [0.25, 0.3) is 10.9 Å². The van der Waals surface area contributed by atoms with Crippen molar-refractivity contribution in [3.8, 4) is 0 Å². The molecule has 9 nitrogen and oxygen atoms in total. The van der Waals surface area contributed by atoms with Gasteiger partial charge in [-0.3, -0.25) is 14.5 Å². The molecule has 1 atom stereocenters. The molecule has 2 aromatic carbocycles. The van der Waals surface area contributed by atoms with Crippen LogP contribution in [-0.2, 0) is 29.0 Å². The SMILES string of the molecule is CCOC(=O)Cn1nnnc1[C@H](CC)N(CCc1ccccc1)Cc1cc2ccc(C)cc2[nH]c1=O. The Morgan fingerprint density at radius 2 is 1.94 bits per heavy atom. The normalized spacial score (nSPS) is 12.2. The zero-order chi connectivity index (χ0) is 25.5. The summed E-state index contributed by atoms with van der Waals surface area (Å²) in [6.07, 6.45) is 1.49. The summed E-state index contributed by atoms with van der Waals surface area (Å²) in [6, 6.07) is 18.0. The van der Waals surface area contributed by atoms with Crippen LogP contribution in [0.3, 0.4) is 0 Å². The molecule has 36 heavy (non-hydrogen) atoms. The van der Waals surface area contributed by atoms with Crippen molar-refractivity contribution in [2.75, 3.05) is 13.2 Å². The van der Waals surface area contributed by atoms with Crippen LogP contribution in [0, 0.1) is 6.92 Å². The first-order valence-corrected chi connectivity index (χ1v) is 12.3. The van der Waals surface area contributed by atoms with Gasteiger partial charge in [0.25, 0.3) is 5.56 Å². The number of benzene rings is 2. The first-order valence-electron chi connectivity index (χ1n) is 12.3. The van der Waals surface area contributed by atoms with Gasteiger partial charge < -0.3 is 9.72 Å². The second-order valence-electron chi connectivity index (χ2n) is 8.84. The average molecular weight is 489 g/mol. The lowest BCUT2D eigenvalue weighted by molar-refractivity contribution is -0.144. The van der Waals surface area contributed by atoms with E-state index in [1.165, 1.54) is 10.2 Å². The summed E-state index contributed by atoms with van der Waals surface area (Å²) < 4.78 is 6.59. The highest BCUT2D eigenvalue weighted by atomic mass is 16.5. The minimum absolute atomic E-state index is 0.0604. The number of esters is 1. The van der Waals surface area contributed by atoms with Gasteiger partial charge in [-0.1, -0.05) is 49.4 Å². The molecule has 0 spiro atoms. The van der Waals surface area contributed by atoms with Crippen LogP contribution >= 0.6 is 0 Å². The smallest absolute Gasteiger partial charge is 0.327 e. The number of hydrogen-bond acceptors (Lipinski definition) is 7. The van der Waals surface area contributed by atoms with E-state index in [2.05, 4.69) is 44.5 Å². The first kappa shape index (κ1) is 25.2. The van der Waals surface area contributed by atoms with E-state index in [-0.39, 0.29) is 18.1 Å². The van der Waals surface area contributed by atoms with Crippen molar-refractivity contribution in [3.63, 3.8) is 0 Å². The van der Waals surface area contributed by atoms with Gasteiger partial charge in [0.1, 0.15) is 6.54 Å². The fourth-order valence-corrected chi connectivity index (χ4v) is 4.45. The summed E-state index contributed by atoms with van der Waals surface area (Å²) >= 11 is 0. The standard InChI is InChI=1S/C27H32N6O3/c1-4-24(26-29-30-31-33(26)18-25(34)36-5-2)32(14-13-20-9-7-6-8-10-20)17-22-16-21-12-11-19(3)15-23(21)28-27(22)35/h6-12,15-16,24H,4-5,13-14,17-18H2,1-3H3,(H,28,35)/t24-/m0/s1. The molecule has 0 saturated heterocycles. The Kier molecular flexibility index (Phi) is 8.22. The van der Waals surface area contributed by atoms with Crippen molar-refractivity contribution < 1.29 is 9.53 Å². The number of aromatic nitrogens is 5. The number of aromatic amines is 1. The molecule has 0 fully saturated rings. The number of carbonyl (C=O) groups is 1. The van der Waals surface area contributed by atoms with Crippen molar-refractivity contribution in [3.05, 3.63) is 87.5 Å². The van der Waals surface area contributed by atoms with Gasteiger partial charge in [0.15, 0.2) is 5.82 Å². The van der Waals surface area contributed by atoms with E-state index in [0.717, 1.165) is 22.9 Å². The number of fused-ring (bicyclic) bond motifs is 1. The van der Waals surface area contributed by atoms with Gasteiger partial charge in [0.05, 0.1) is 12.6 Å². The zero-order valence-electron chi connectivity index (χ0n) is 21.0. The quantitative estimate of drug-likeness (QED) is 0.322. The highest BCUT2D eigenvalue weighted by Crippen LogP contribution is 2.25. The van der Waals surface area contributed by atoms with Crippen molar-refractivity contribution in [2.24, 2.45) is 0 Å². The highest BCUT2D eigenvalue weighted by molar-refractivity contribution is 5.79. The molecule has 2 heterocycles. The molecule has 0 radical (unpaired) electrons. The topological polar surface area (TPSA) is 106 Å². The predicted octanol–water partition coefficient (Wildman–Crippen LogP) is 3.58. The lowest BCUT2D eigenvalue weighted by atomic mass is 10.1. The Labute approximate surface area is 210 Å². The minimum Gasteiger partial charge on any atom is -0.465 e. The van der Waals surface area contributed by atoms with E-state index in [1.54, 1.807) is 6.92 Å². The molecular formula is C27H32N6O3. The van der Waals surface area contributed by atoms with Crippen LogP contribution in [0.1, 0.15) is 48.8 Å². The van der Waals surface area contributed by atoms with Gasteiger partial charge in [0, 0.05) is 24.2 Å². The maximum absolute atomic E-state index is 13.0. The van der Waals surface area contributed by atoms with Gasteiger partial charge in [-0.05, 0) is 65.8 Å². The Hall–Kier alpha value is -3.85. The Morgan fingerprint density at radius 1 is 1.14 bits per heavy atom. The average Bonchev–Trinajstić information content (AvgIpc) is 3.31. The molecule has 0 aliphatic rings. The molecule has 9 heteroatoms. The number of tetrazole rings is 1. The molecule has 0 aliphatic carbocycles. The lowest BCUT2D eigenvalue weighted by Crippen LogP contribution is -2.34. The van der Waals surface area contributed by atoms with Crippen LogP contribution in [-0.4, -0.2) is 49.2 Å². The summed E-state index contributed by atoms with van der Waals surface area (Å²) in [4.78, 5) is 30.4. The molecule has 2 aromatic heterocycles. The lowest BCUT2D eigenvalue weighted by Gasteiger charge is -2.30. The van der Waals surface area contributed by atoms with Gasteiger partial charge in [-0.15, -0.1) is 5.10 Å². The fraction of sp³-hybridized carbons (Fsp3) is 0.370. The van der Waals surface area contributed by atoms with Crippen molar-refractivity contribution in [1.29, 1.82) is 0 Å². The van der Waals surface area contributed by atoms with E-state index < -0.39 is 5.97 Å². The van der Waals surface area contributed by atoms with Crippen LogP contribution in [0.15, 0.2) is 59.4 Å². The van der Waals surface area contributed by atoms with Crippen LogP contribution in [0.2, 0.25) is 0 Å². The third kappa shape index (κ3) is 6.04. The molecule has 0 saturated carbocycles. The summed E-state index contributed by atoms with van der Waals surface area (Å²) in [5.41, 5.74) is 3.67. The Bertz CT molecular complexity index is 1360. The molecule has 0 unspecified atom stereocenters. The number of nitrogens with one attached hydrogen (secondary N) is 1. The largest absolute Gasteiger partial charge is 0.465 e. The number of H-pyrrole nitrogens is 1. The van der Waals surface area contributed by atoms with Gasteiger partial charge >= 0.3 is 5.97 Å². The van der Waals surface area contributed by atoms with E-state index >= 15 is 0 Å². The highest BCUT2D eigenvalue weighted by Gasteiger charge is 2.26. The molecule has 0 amide bonds. The summed E-state index contributed by atoms with van der Waals surface area (Å²) in [5, 5.41) is 13.1. The van der Waals surface area contributed by atoms with E-state index in [4.69, 9.17) is 4.74 Å². The molecule has 4 rings (SSSR count). The Balaban J connectivity index is 1.67. The number of rotatable bonds is 11. The second-order valence-corrected chi connectivity index (χ2v) is 8.84. The third-order valence-electron chi connectivity index (χ3n) is 6.25. The molecule has 0 bridgehead atoms. The van der Waals surface area contributed by atoms with Gasteiger partial charge in [0.2, 0.25) is 0 Å². The van der Waals surface area contributed by atoms with Crippen molar-refractivity contribution in [2.45, 2.75) is 52.7 Å².